The number of carbonyl (C=O) groups excluding carboxylic acids is 1. The van der Waals surface area contributed by atoms with Crippen molar-refractivity contribution in [3.63, 3.8) is 0 Å². The fourth-order valence-electron chi connectivity index (χ4n) is 1.70. The largest absolute Gasteiger partial charge is 0.481 e. The van der Waals surface area contributed by atoms with E-state index in [1.165, 1.54) is 11.3 Å². The molecule has 0 aliphatic rings. The molecule has 1 aromatic heterocycles. The Morgan fingerprint density at radius 1 is 1.20 bits per heavy atom. The van der Waals surface area contributed by atoms with Crippen molar-refractivity contribution in [2.45, 2.75) is 12.3 Å². The van der Waals surface area contributed by atoms with Gasteiger partial charge in [-0.05, 0) is 18.4 Å². The maximum atomic E-state index is 12.1. The lowest BCUT2D eigenvalue weighted by Crippen LogP contribution is -2.34. The molecule has 1 atom stereocenters. The van der Waals surface area contributed by atoms with Crippen molar-refractivity contribution in [1.82, 2.24) is 0 Å². The number of thioether (sulfide) groups is 1. The minimum atomic E-state index is -1.04. The molecular weight excluding hydrogens is 292 g/mol. The third kappa shape index (κ3) is 3.11. The van der Waals surface area contributed by atoms with Crippen molar-refractivity contribution >= 4 is 34.2 Å². The van der Waals surface area contributed by atoms with E-state index < -0.39 is 11.4 Å². The van der Waals surface area contributed by atoms with Crippen LogP contribution in [0.1, 0.15) is 22.2 Å². The van der Waals surface area contributed by atoms with E-state index in [2.05, 4.69) is 0 Å². The Labute approximate surface area is 125 Å². The van der Waals surface area contributed by atoms with Crippen LogP contribution in [-0.2, 0) is 10.2 Å². The van der Waals surface area contributed by atoms with E-state index in [9.17, 15) is 14.7 Å². The second-order valence-corrected chi connectivity index (χ2v) is 6.45. The van der Waals surface area contributed by atoms with E-state index in [1.54, 1.807) is 37.3 Å². The first-order valence-corrected chi connectivity index (χ1v) is 7.90. The number of hydrogen-bond acceptors (Lipinski definition) is 4. The molecule has 2 rings (SSSR count). The maximum absolute atomic E-state index is 12.1. The van der Waals surface area contributed by atoms with Gasteiger partial charge in [0.25, 0.3) is 0 Å². The quantitative estimate of drug-likeness (QED) is 0.916. The third-order valence-electron chi connectivity index (χ3n) is 3.04. The molecule has 0 bridgehead atoms. The zero-order valence-corrected chi connectivity index (χ0v) is 12.5. The van der Waals surface area contributed by atoms with Gasteiger partial charge >= 0.3 is 5.97 Å². The number of aliphatic carboxylic acids is 1. The normalized spacial score (nSPS) is 13.7. The fraction of sp³-hybridized carbons (Fsp3) is 0.200. The van der Waals surface area contributed by atoms with Crippen LogP contribution in [0.5, 0.6) is 0 Å². The molecule has 0 amide bonds. The molecular formula is C15H14O3S2. The lowest BCUT2D eigenvalue weighted by molar-refractivity contribution is -0.142. The van der Waals surface area contributed by atoms with Gasteiger partial charge in [-0.25, -0.2) is 0 Å². The number of hydrogen-bond donors (Lipinski definition) is 1. The van der Waals surface area contributed by atoms with Gasteiger partial charge in [0.05, 0.1) is 0 Å². The van der Waals surface area contributed by atoms with Crippen LogP contribution in [0.15, 0.2) is 47.8 Å². The molecule has 1 aromatic carbocycles. The summed E-state index contributed by atoms with van der Waals surface area (Å²) in [6, 6.07) is 12.5. The molecule has 0 aliphatic heterocycles. The monoisotopic (exact) mass is 306 g/mol. The molecule has 5 heteroatoms. The van der Waals surface area contributed by atoms with Crippen LogP contribution in [0.25, 0.3) is 0 Å². The number of benzene rings is 1. The van der Waals surface area contributed by atoms with Gasteiger partial charge in [-0.2, -0.15) is 0 Å². The van der Waals surface area contributed by atoms with E-state index in [0.717, 1.165) is 16.6 Å². The summed E-state index contributed by atoms with van der Waals surface area (Å²) in [6.07, 6.45) is 0. The molecule has 2 aromatic rings. The van der Waals surface area contributed by atoms with E-state index in [0.29, 0.717) is 5.56 Å². The lowest BCUT2D eigenvalue weighted by atomic mass is 9.91. The van der Waals surface area contributed by atoms with E-state index in [1.807, 2.05) is 17.5 Å². The first-order valence-electron chi connectivity index (χ1n) is 6.03. The van der Waals surface area contributed by atoms with Gasteiger partial charge < -0.3 is 5.11 Å². The Balaban J connectivity index is 2.11. The number of carboxylic acids is 1. The zero-order valence-electron chi connectivity index (χ0n) is 10.9. The minimum Gasteiger partial charge on any atom is -0.481 e. The summed E-state index contributed by atoms with van der Waals surface area (Å²) in [5.74, 6) is -0.690. The zero-order chi connectivity index (χ0) is 14.6. The highest BCUT2D eigenvalue weighted by Gasteiger charge is 2.37. The highest BCUT2D eigenvalue weighted by molar-refractivity contribution is 8.14. The first-order chi connectivity index (χ1) is 9.54. The molecule has 0 aliphatic carbocycles. The molecule has 20 heavy (non-hydrogen) atoms. The predicted molar refractivity (Wildman–Crippen MR) is 82.5 cm³/mol. The van der Waals surface area contributed by atoms with Crippen molar-refractivity contribution in [2.75, 3.05) is 5.75 Å². The summed E-state index contributed by atoms with van der Waals surface area (Å²) in [5, 5.41) is 11.2. The van der Waals surface area contributed by atoms with E-state index >= 15 is 0 Å². The average Bonchev–Trinajstić information content (AvgIpc) is 2.99. The SMILES string of the molecule is CC(CSC(=O)c1ccccc1)(C(=O)O)c1cccs1. The Morgan fingerprint density at radius 3 is 2.45 bits per heavy atom. The molecule has 3 nitrogen and oxygen atoms in total. The highest BCUT2D eigenvalue weighted by Crippen LogP contribution is 2.32. The predicted octanol–water partition coefficient (Wildman–Crippen LogP) is 3.66. The van der Waals surface area contributed by atoms with Crippen molar-refractivity contribution in [3.8, 4) is 0 Å². The Kier molecular flexibility index (Phi) is 4.62. The summed E-state index contributed by atoms with van der Waals surface area (Å²) >= 11 is 2.45. The van der Waals surface area contributed by atoms with Crippen LogP contribution in [0.2, 0.25) is 0 Å². The van der Waals surface area contributed by atoms with Gasteiger partial charge in [0.15, 0.2) is 0 Å². The molecule has 1 heterocycles. The van der Waals surface area contributed by atoms with E-state index in [-0.39, 0.29) is 10.9 Å². The number of thiophene rings is 1. The molecule has 0 fully saturated rings. The Bertz CT molecular complexity index is 593. The van der Waals surface area contributed by atoms with Crippen LogP contribution in [0.3, 0.4) is 0 Å². The summed E-state index contributed by atoms with van der Waals surface area (Å²) in [5.41, 5.74) is -0.445. The average molecular weight is 306 g/mol. The molecule has 0 saturated heterocycles. The summed E-state index contributed by atoms with van der Waals surface area (Å²) in [7, 11) is 0. The van der Waals surface area contributed by atoms with Crippen LogP contribution in [0, 0.1) is 0 Å². The summed E-state index contributed by atoms with van der Waals surface area (Å²) < 4.78 is 0. The fourth-order valence-corrected chi connectivity index (χ4v) is 3.67. The van der Waals surface area contributed by atoms with Crippen LogP contribution in [0.4, 0.5) is 0 Å². The Morgan fingerprint density at radius 2 is 1.90 bits per heavy atom. The van der Waals surface area contributed by atoms with Gasteiger partial charge in [-0.3, -0.25) is 9.59 Å². The number of carbonyl (C=O) groups is 2. The molecule has 1 N–H and O–H groups in total. The smallest absolute Gasteiger partial charge is 0.315 e. The van der Waals surface area contributed by atoms with Crippen LogP contribution in [-0.4, -0.2) is 21.9 Å². The molecule has 0 radical (unpaired) electrons. The third-order valence-corrected chi connectivity index (χ3v) is 5.39. The van der Waals surface area contributed by atoms with Crippen molar-refractivity contribution in [1.29, 1.82) is 0 Å². The lowest BCUT2D eigenvalue weighted by Gasteiger charge is -2.22. The molecule has 104 valence electrons. The number of rotatable bonds is 5. The number of carboxylic acid groups (broad SMARTS) is 1. The minimum absolute atomic E-state index is 0.102. The van der Waals surface area contributed by atoms with Gasteiger partial charge in [-0.15, -0.1) is 11.3 Å². The van der Waals surface area contributed by atoms with E-state index in [4.69, 9.17) is 0 Å². The second kappa shape index (κ2) is 6.24. The second-order valence-electron chi connectivity index (χ2n) is 4.56. The van der Waals surface area contributed by atoms with Gasteiger partial charge in [0.2, 0.25) is 5.12 Å². The molecule has 0 saturated carbocycles. The van der Waals surface area contributed by atoms with Crippen molar-refractivity contribution < 1.29 is 14.7 Å². The molecule has 1 unspecified atom stereocenters. The molecule has 0 spiro atoms. The topological polar surface area (TPSA) is 54.4 Å². The Hall–Kier alpha value is -1.59. The standard InChI is InChI=1S/C15H14O3S2/c1-15(14(17)18,12-8-5-9-19-12)10-20-13(16)11-6-3-2-4-7-11/h2-9H,10H2,1H3,(H,17,18). The first kappa shape index (κ1) is 14.8. The van der Waals surface area contributed by atoms with Gasteiger partial charge in [0.1, 0.15) is 5.41 Å². The highest BCUT2D eigenvalue weighted by atomic mass is 32.2. The van der Waals surface area contributed by atoms with Gasteiger partial charge in [0, 0.05) is 16.2 Å². The maximum Gasteiger partial charge on any atom is 0.315 e. The van der Waals surface area contributed by atoms with Crippen LogP contribution >= 0.6 is 23.1 Å². The summed E-state index contributed by atoms with van der Waals surface area (Å²) in [4.78, 5) is 24.4. The van der Waals surface area contributed by atoms with Gasteiger partial charge in [-0.1, -0.05) is 48.2 Å². The van der Waals surface area contributed by atoms with Crippen LogP contribution < -0.4 is 0 Å². The van der Waals surface area contributed by atoms with Crippen molar-refractivity contribution in [3.05, 3.63) is 58.3 Å². The summed E-state index contributed by atoms with van der Waals surface area (Å²) in [6.45, 7) is 1.66. The van der Waals surface area contributed by atoms with Crippen molar-refractivity contribution in [2.24, 2.45) is 0 Å².